The maximum Gasteiger partial charge on any atom is 0.261 e. The molecule has 0 aliphatic carbocycles. The lowest BCUT2D eigenvalue weighted by molar-refractivity contribution is -0.142. The summed E-state index contributed by atoms with van der Waals surface area (Å²) in [5.41, 5.74) is 1.95. The Hall–Kier alpha value is -4.12. The number of nitrogens with zero attached hydrogens (tertiary/aromatic N) is 1. The Bertz CT molecular complexity index is 1270. The van der Waals surface area contributed by atoms with Gasteiger partial charge in [-0.3, -0.25) is 9.59 Å². The molecule has 1 atom stereocenters. The fourth-order valence-corrected chi connectivity index (χ4v) is 4.24. The van der Waals surface area contributed by atoms with Gasteiger partial charge in [0.2, 0.25) is 5.91 Å². The van der Waals surface area contributed by atoms with Crippen molar-refractivity contribution in [2.24, 2.45) is 0 Å². The molecule has 0 unspecified atom stereocenters. The second-order valence-electron chi connectivity index (χ2n) is 8.77. The molecule has 0 aliphatic rings. The molecule has 5 nitrogen and oxygen atoms in total. The van der Waals surface area contributed by atoms with E-state index in [4.69, 9.17) is 4.74 Å². The highest BCUT2D eigenvalue weighted by molar-refractivity contribution is 5.90. The lowest BCUT2D eigenvalue weighted by Crippen LogP contribution is -2.51. The van der Waals surface area contributed by atoms with Crippen molar-refractivity contribution in [3.05, 3.63) is 114 Å². The number of benzene rings is 4. The Morgan fingerprint density at radius 2 is 1.44 bits per heavy atom. The standard InChI is InChI=1S/C31H32N2O3/c1-2-20-32-31(35)28(21-24-12-5-3-6-13-24)33(22-25-14-7-4-8-15-25)30(34)23-36-29-19-11-17-26-16-9-10-18-27(26)29/h3-19,28H,2,20-23H2,1H3,(H,32,35)/t28-/m1/s1. The van der Waals surface area contributed by atoms with E-state index in [0.29, 0.717) is 25.3 Å². The van der Waals surface area contributed by atoms with Crippen LogP contribution in [0.1, 0.15) is 24.5 Å². The lowest BCUT2D eigenvalue weighted by atomic mass is 10.0. The minimum absolute atomic E-state index is 0.157. The second-order valence-corrected chi connectivity index (χ2v) is 8.77. The van der Waals surface area contributed by atoms with Crippen LogP contribution in [0.4, 0.5) is 0 Å². The molecule has 0 bridgehead atoms. The van der Waals surface area contributed by atoms with E-state index in [9.17, 15) is 9.59 Å². The van der Waals surface area contributed by atoms with Crippen molar-refractivity contribution in [3.8, 4) is 5.75 Å². The average Bonchev–Trinajstić information content (AvgIpc) is 2.93. The number of carbonyl (C=O) groups is 2. The maximum absolute atomic E-state index is 13.7. The number of rotatable bonds is 11. The molecule has 0 fully saturated rings. The molecule has 4 aromatic carbocycles. The lowest BCUT2D eigenvalue weighted by Gasteiger charge is -2.31. The summed E-state index contributed by atoms with van der Waals surface area (Å²) in [5.74, 6) is 0.255. The first kappa shape index (κ1) is 25.0. The molecule has 0 saturated heterocycles. The van der Waals surface area contributed by atoms with Crippen molar-refractivity contribution in [1.29, 1.82) is 0 Å². The number of carbonyl (C=O) groups excluding carboxylic acids is 2. The first-order chi connectivity index (χ1) is 17.7. The van der Waals surface area contributed by atoms with Crippen LogP contribution >= 0.6 is 0 Å². The molecule has 5 heteroatoms. The fourth-order valence-electron chi connectivity index (χ4n) is 4.24. The molecule has 0 heterocycles. The maximum atomic E-state index is 13.7. The van der Waals surface area contributed by atoms with Gasteiger partial charge in [0.15, 0.2) is 6.61 Å². The van der Waals surface area contributed by atoms with Gasteiger partial charge in [-0.25, -0.2) is 0 Å². The van der Waals surface area contributed by atoms with Gasteiger partial charge in [0.25, 0.3) is 5.91 Å². The summed E-state index contributed by atoms with van der Waals surface area (Å²) in [7, 11) is 0. The number of fused-ring (bicyclic) bond motifs is 1. The normalized spacial score (nSPS) is 11.6. The van der Waals surface area contributed by atoms with Gasteiger partial charge in [0.1, 0.15) is 11.8 Å². The predicted octanol–water partition coefficient (Wildman–Crippen LogP) is 5.38. The van der Waals surface area contributed by atoms with E-state index >= 15 is 0 Å². The van der Waals surface area contributed by atoms with Crippen LogP contribution < -0.4 is 10.1 Å². The van der Waals surface area contributed by atoms with Gasteiger partial charge in [-0.1, -0.05) is 104 Å². The summed E-state index contributed by atoms with van der Waals surface area (Å²) >= 11 is 0. The zero-order valence-corrected chi connectivity index (χ0v) is 20.6. The van der Waals surface area contributed by atoms with Crippen LogP contribution in [0, 0.1) is 0 Å². The summed E-state index contributed by atoms with van der Waals surface area (Å²) < 4.78 is 6.04. The summed E-state index contributed by atoms with van der Waals surface area (Å²) in [4.78, 5) is 28.7. The highest BCUT2D eigenvalue weighted by Gasteiger charge is 2.30. The molecule has 4 aromatic rings. The number of nitrogens with one attached hydrogen (secondary N) is 1. The Morgan fingerprint density at radius 1 is 0.806 bits per heavy atom. The number of hydrogen-bond donors (Lipinski definition) is 1. The molecule has 0 saturated carbocycles. The summed E-state index contributed by atoms with van der Waals surface area (Å²) in [6.45, 7) is 2.73. The fraction of sp³-hybridized carbons (Fsp3) is 0.226. The monoisotopic (exact) mass is 480 g/mol. The molecule has 184 valence electrons. The summed E-state index contributed by atoms with van der Waals surface area (Å²) in [6.07, 6.45) is 1.24. The molecule has 36 heavy (non-hydrogen) atoms. The number of hydrogen-bond acceptors (Lipinski definition) is 3. The van der Waals surface area contributed by atoms with Crippen LogP contribution in [0.25, 0.3) is 10.8 Å². The van der Waals surface area contributed by atoms with Crippen molar-refractivity contribution in [3.63, 3.8) is 0 Å². The minimum Gasteiger partial charge on any atom is -0.483 e. The molecule has 1 N–H and O–H groups in total. The molecule has 0 aromatic heterocycles. The van der Waals surface area contributed by atoms with Gasteiger partial charge < -0.3 is 15.0 Å². The molecular formula is C31H32N2O3. The van der Waals surface area contributed by atoms with Crippen molar-refractivity contribution in [1.82, 2.24) is 10.2 Å². The van der Waals surface area contributed by atoms with Crippen LogP contribution in [-0.2, 0) is 22.6 Å². The third kappa shape index (κ3) is 6.51. The van der Waals surface area contributed by atoms with Crippen molar-refractivity contribution >= 4 is 22.6 Å². The van der Waals surface area contributed by atoms with Crippen LogP contribution in [0.15, 0.2) is 103 Å². The third-order valence-corrected chi connectivity index (χ3v) is 6.12. The van der Waals surface area contributed by atoms with Crippen LogP contribution in [-0.4, -0.2) is 35.9 Å². The zero-order valence-electron chi connectivity index (χ0n) is 20.6. The quantitative estimate of drug-likeness (QED) is 0.313. The highest BCUT2D eigenvalue weighted by Crippen LogP contribution is 2.25. The van der Waals surface area contributed by atoms with Gasteiger partial charge >= 0.3 is 0 Å². The highest BCUT2D eigenvalue weighted by atomic mass is 16.5. The zero-order chi connectivity index (χ0) is 25.2. The summed E-state index contributed by atoms with van der Waals surface area (Å²) in [5, 5.41) is 4.99. The van der Waals surface area contributed by atoms with E-state index in [1.165, 1.54) is 0 Å². The minimum atomic E-state index is -0.664. The van der Waals surface area contributed by atoms with Crippen LogP contribution in [0.3, 0.4) is 0 Å². The van der Waals surface area contributed by atoms with E-state index in [1.807, 2.05) is 110 Å². The SMILES string of the molecule is CCCNC(=O)[C@@H](Cc1ccccc1)N(Cc1ccccc1)C(=O)COc1cccc2ccccc12. The van der Waals surface area contributed by atoms with Crippen molar-refractivity contribution < 1.29 is 14.3 Å². The largest absolute Gasteiger partial charge is 0.483 e. The van der Waals surface area contributed by atoms with Crippen LogP contribution in [0.5, 0.6) is 5.75 Å². The Labute approximate surface area is 212 Å². The van der Waals surface area contributed by atoms with E-state index in [-0.39, 0.29) is 18.4 Å². The van der Waals surface area contributed by atoms with Crippen LogP contribution in [0.2, 0.25) is 0 Å². The Morgan fingerprint density at radius 3 is 2.17 bits per heavy atom. The number of ether oxygens (including phenoxy) is 1. The smallest absolute Gasteiger partial charge is 0.261 e. The Kier molecular flexibility index (Phi) is 8.71. The van der Waals surface area contributed by atoms with E-state index in [2.05, 4.69) is 5.32 Å². The molecule has 0 aliphatic heterocycles. The van der Waals surface area contributed by atoms with Gasteiger partial charge in [-0.2, -0.15) is 0 Å². The molecule has 0 radical (unpaired) electrons. The molecule has 0 spiro atoms. The van der Waals surface area contributed by atoms with Gasteiger partial charge in [0.05, 0.1) is 0 Å². The van der Waals surface area contributed by atoms with Gasteiger partial charge in [-0.15, -0.1) is 0 Å². The van der Waals surface area contributed by atoms with Crippen molar-refractivity contribution in [2.45, 2.75) is 32.4 Å². The third-order valence-electron chi connectivity index (χ3n) is 6.12. The topological polar surface area (TPSA) is 58.6 Å². The summed E-state index contributed by atoms with van der Waals surface area (Å²) in [6, 6.07) is 32.6. The molecule has 2 amide bonds. The van der Waals surface area contributed by atoms with Gasteiger partial charge in [0, 0.05) is 24.9 Å². The molecule has 4 rings (SSSR count). The van der Waals surface area contributed by atoms with Crippen molar-refractivity contribution in [2.75, 3.05) is 13.2 Å². The van der Waals surface area contributed by atoms with E-state index in [1.54, 1.807) is 4.90 Å². The molecular weight excluding hydrogens is 448 g/mol. The first-order valence-corrected chi connectivity index (χ1v) is 12.4. The number of amides is 2. The average molecular weight is 481 g/mol. The van der Waals surface area contributed by atoms with Gasteiger partial charge in [-0.05, 0) is 29.0 Å². The second kappa shape index (κ2) is 12.5. The Balaban J connectivity index is 1.61. The first-order valence-electron chi connectivity index (χ1n) is 12.4. The van der Waals surface area contributed by atoms with E-state index in [0.717, 1.165) is 28.3 Å². The predicted molar refractivity (Wildman–Crippen MR) is 144 cm³/mol. The van der Waals surface area contributed by atoms with E-state index < -0.39 is 6.04 Å².